The monoisotopic (exact) mass is 444 g/mol. The molecule has 1 aliphatic rings. The Bertz CT molecular complexity index is 1230. The average molecular weight is 445 g/mol. The van der Waals surface area contributed by atoms with Gasteiger partial charge in [-0.2, -0.15) is 0 Å². The Balaban J connectivity index is 1.45. The Kier molecular flexibility index (Phi) is 6.24. The van der Waals surface area contributed by atoms with E-state index in [0.29, 0.717) is 5.92 Å². The first-order valence-corrected chi connectivity index (χ1v) is 11.8. The van der Waals surface area contributed by atoms with Crippen LogP contribution in [-0.4, -0.2) is 71.9 Å². The van der Waals surface area contributed by atoms with Crippen LogP contribution in [0.1, 0.15) is 31.0 Å². The van der Waals surface area contributed by atoms with Gasteiger partial charge in [-0.1, -0.05) is 18.2 Å². The summed E-state index contributed by atoms with van der Waals surface area (Å²) in [4.78, 5) is 9.17. The van der Waals surface area contributed by atoms with Crippen LogP contribution >= 0.6 is 0 Å². The van der Waals surface area contributed by atoms with E-state index in [-0.39, 0.29) is 0 Å². The van der Waals surface area contributed by atoms with Gasteiger partial charge in [-0.3, -0.25) is 9.38 Å². The minimum absolute atomic E-state index is 0.366. The third-order valence-corrected chi connectivity index (χ3v) is 6.58. The second-order valence-corrected chi connectivity index (χ2v) is 9.23. The molecule has 2 aromatic heterocycles. The smallest absolute Gasteiger partial charge is 0.179 e. The lowest BCUT2D eigenvalue weighted by atomic mass is 9.99. The quantitative estimate of drug-likeness (QED) is 0.425. The Labute approximate surface area is 195 Å². The molecule has 1 aliphatic heterocycles. The third-order valence-electron chi connectivity index (χ3n) is 6.58. The summed E-state index contributed by atoms with van der Waals surface area (Å²) in [5, 5.41) is 8.96. The molecule has 0 amide bonds. The minimum atomic E-state index is 0.366. The van der Waals surface area contributed by atoms with E-state index in [9.17, 15) is 0 Å². The number of ether oxygens (including phenoxy) is 1. The van der Waals surface area contributed by atoms with Gasteiger partial charge >= 0.3 is 0 Å². The molecule has 3 heterocycles. The van der Waals surface area contributed by atoms with Crippen molar-refractivity contribution in [2.75, 3.05) is 52.3 Å². The van der Waals surface area contributed by atoms with Gasteiger partial charge in [0.1, 0.15) is 5.82 Å². The summed E-state index contributed by atoms with van der Waals surface area (Å²) in [6, 6.07) is 15.3. The maximum atomic E-state index is 5.56. The highest BCUT2D eigenvalue weighted by molar-refractivity contribution is 5.84. The van der Waals surface area contributed by atoms with Gasteiger partial charge < -0.3 is 14.5 Å². The van der Waals surface area contributed by atoms with Crippen molar-refractivity contribution >= 4 is 22.4 Å². The number of nitrogens with zero attached hydrogens (tertiary/aromatic N) is 6. The second-order valence-electron chi connectivity index (χ2n) is 9.23. The summed E-state index contributed by atoms with van der Waals surface area (Å²) in [6.07, 6.45) is 4.92. The predicted molar refractivity (Wildman–Crippen MR) is 133 cm³/mol. The van der Waals surface area contributed by atoms with E-state index in [0.717, 1.165) is 68.1 Å². The van der Waals surface area contributed by atoms with Gasteiger partial charge in [0.05, 0.1) is 17.2 Å². The first-order chi connectivity index (χ1) is 16.1. The normalized spacial score (nSPS) is 15.0. The molecular weight excluding hydrogens is 412 g/mol. The summed E-state index contributed by atoms with van der Waals surface area (Å²) in [6.45, 7) is 3.70. The molecule has 0 radical (unpaired) electrons. The topological polar surface area (TPSA) is 58.8 Å². The molecule has 0 unspecified atom stereocenters. The Morgan fingerprint density at radius 3 is 2.45 bits per heavy atom. The van der Waals surface area contributed by atoms with Crippen LogP contribution in [-0.2, 0) is 4.74 Å². The fourth-order valence-corrected chi connectivity index (χ4v) is 4.64. The standard InChI is InChI=1S/C26H32N6O/c1-30(2)13-4-14-31(3)22-8-5-19(6-9-22)21-7-10-23-24(17-21)32-25(18-27-23)28-29-26(32)20-11-15-33-16-12-20/h5-10,17-18,20H,4,11-16H2,1-3H3. The molecule has 0 aliphatic carbocycles. The highest BCUT2D eigenvalue weighted by Gasteiger charge is 2.22. The molecule has 0 bridgehead atoms. The lowest BCUT2D eigenvalue weighted by molar-refractivity contribution is 0.0834. The number of anilines is 1. The van der Waals surface area contributed by atoms with Crippen LogP contribution in [0.25, 0.3) is 27.8 Å². The summed E-state index contributed by atoms with van der Waals surface area (Å²) in [5.74, 6) is 1.39. The summed E-state index contributed by atoms with van der Waals surface area (Å²) >= 11 is 0. The van der Waals surface area contributed by atoms with E-state index in [4.69, 9.17) is 4.74 Å². The van der Waals surface area contributed by atoms with Crippen molar-refractivity contribution in [2.24, 2.45) is 0 Å². The number of rotatable bonds is 7. The molecule has 172 valence electrons. The number of benzene rings is 2. The highest BCUT2D eigenvalue weighted by atomic mass is 16.5. The molecule has 0 saturated carbocycles. The van der Waals surface area contributed by atoms with E-state index in [1.54, 1.807) is 0 Å². The summed E-state index contributed by atoms with van der Waals surface area (Å²) in [5.41, 5.74) is 6.42. The first-order valence-electron chi connectivity index (χ1n) is 11.8. The molecule has 4 aromatic rings. The van der Waals surface area contributed by atoms with Crippen LogP contribution in [0.4, 0.5) is 5.69 Å². The maximum absolute atomic E-state index is 5.56. The number of fused-ring (bicyclic) bond motifs is 3. The molecule has 0 spiro atoms. The zero-order valence-corrected chi connectivity index (χ0v) is 19.7. The summed E-state index contributed by atoms with van der Waals surface area (Å²) in [7, 11) is 6.40. The lowest BCUT2D eigenvalue weighted by Gasteiger charge is -2.21. The van der Waals surface area contributed by atoms with Crippen LogP contribution in [0.5, 0.6) is 0 Å². The predicted octanol–water partition coefficient (Wildman–Crippen LogP) is 4.23. The van der Waals surface area contributed by atoms with E-state index < -0.39 is 0 Å². The molecule has 1 fully saturated rings. The second kappa shape index (κ2) is 9.45. The van der Waals surface area contributed by atoms with Crippen molar-refractivity contribution < 1.29 is 4.74 Å². The molecule has 0 atom stereocenters. The molecule has 5 rings (SSSR count). The van der Waals surface area contributed by atoms with Crippen LogP contribution in [0.15, 0.2) is 48.7 Å². The van der Waals surface area contributed by atoms with Crippen molar-refractivity contribution in [1.82, 2.24) is 24.5 Å². The molecule has 7 heteroatoms. The molecule has 1 saturated heterocycles. The van der Waals surface area contributed by atoms with Crippen LogP contribution in [0.3, 0.4) is 0 Å². The SMILES string of the molecule is CN(C)CCCN(C)c1ccc(-c2ccc3ncc4nnc(C5CCOCC5)n4c3c2)cc1. The van der Waals surface area contributed by atoms with Crippen LogP contribution in [0, 0.1) is 0 Å². The number of aromatic nitrogens is 4. The Hall–Kier alpha value is -3.03. The van der Waals surface area contributed by atoms with E-state index in [1.165, 1.54) is 16.8 Å². The number of hydrogen-bond acceptors (Lipinski definition) is 6. The molecular formula is C26H32N6O. The van der Waals surface area contributed by atoms with E-state index >= 15 is 0 Å². The Morgan fingerprint density at radius 1 is 0.939 bits per heavy atom. The molecule has 7 nitrogen and oxygen atoms in total. The molecule has 0 N–H and O–H groups in total. The van der Waals surface area contributed by atoms with Gasteiger partial charge in [-0.25, -0.2) is 0 Å². The van der Waals surface area contributed by atoms with Crippen LogP contribution in [0.2, 0.25) is 0 Å². The van der Waals surface area contributed by atoms with Gasteiger partial charge in [-0.05, 0) is 75.3 Å². The van der Waals surface area contributed by atoms with Crippen LogP contribution < -0.4 is 4.90 Å². The van der Waals surface area contributed by atoms with Gasteiger partial charge in [0.2, 0.25) is 0 Å². The zero-order chi connectivity index (χ0) is 22.8. The van der Waals surface area contributed by atoms with Crippen molar-refractivity contribution in [3.63, 3.8) is 0 Å². The average Bonchev–Trinajstić information content (AvgIpc) is 3.29. The molecule has 2 aromatic carbocycles. The van der Waals surface area contributed by atoms with E-state index in [2.05, 4.69) is 93.0 Å². The van der Waals surface area contributed by atoms with Crippen molar-refractivity contribution in [3.05, 3.63) is 54.5 Å². The van der Waals surface area contributed by atoms with Crippen molar-refractivity contribution in [1.29, 1.82) is 0 Å². The summed E-state index contributed by atoms with van der Waals surface area (Å²) < 4.78 is 7.75. The van der Waals surface area contributed by atoms with Crippen molar-refractivity contribution in [2.45, 2.75) is 25.2 Å². The first kappa shape index (κ1) is 21.8. The maximum Gasteiger partial charge on any atom is 0.179 e. The highest BCUT2D eigenvalue weighted by Crippen LogP contribution is 2.30. The third kappa shape index (κ3) is 4.56. The van der Waals surface area contributed by atoms with Gasteiger partial charge in [0.25, 0.3) is 0 Å². The van der Waals surface area contributed by atoms with Gasteiger partial charge in [0.15, 0.2) is 5.65 Å². The Morgan fingerprint density at radius 2 is 1.70 bits per heavy atom. The lowest BCUT2D eigenvalue weighted by Crippen LogP contribution is -2.23. The largest absolute Gasteiger partial charge is 0.381 e. The number of hydrogen-bond donors (Lipinski definition) is 0. The minimum Gasteiger partial charge on any atom is -0.381 e. The fraction of sp³-hybridized carbons (Fsp3) is 0.423. The molecule has 33 heavy (non-hydrogen) atoms. The van der Waals surface area contributed by atoms with Gasteiger partial charge in [0, 0.05) is 38.4 Å². The van der Waals surface area contributed by atoms with Crippen molar-refractivity contribution in [3.8, 4) is 11.1 Å². The van der Waals surface area contributed by atoms with Gasteiger partial charge in [-0.15, -0.1) is 10.2 Å². The zero-order valence-electron chi connectivity index (χ0n) is 19.7. The van der Waals surface area contributed by atoms with E-state index in [1.807, 2.05) is 6.20 Å². The fourth-order valence-electron chi connectivity index (χ4n) is 4.64.